The van der Waals surface area contributed by atoms with Crippen LogP contribution in [0.25, 0.3) is 0 Å². The van der Waals surface area contributed by atoms with E-state index >= 15 is 0 Å². The van der Waals surface area contributed by atoms with Crippen LogP contribution in [-0.2, 0) is 10.0 Å². The number of halogens is 3. The van der Waals surface area contributed by atoms with Crippen LogP contribution in [0, 0.1) is 5.82 Å². The summed E-state index contributed by atoms with van der Waals surface area (Å²) in [7, 11) is -3.83. The third kappa shape index (κ3) is 3.23. The smallest absolute Gasteiger partial charge is 0.261 e. The minimum atomic E-state index is -3.83. The Morgan fingerprint density at radius 2 is 1.90 bits per heavy atom. The Hall–Kier alpha value is -1.31. The molecular weight excluding hydrogens is 371 g/mol. The van der Waals surface area contributed by atoms with E-state index < -0.39 is 15.8 Å². The molecule has 2 aromatic carbocycles. The number of nitrogens with one attached hydrogen (secondary N) is 1. The van der Waals surface area contributed by atoms with Crippen LogP contribution in [0.2, 0.25) is 5.02 Å². The lowest BCUT2D eigenvalue weighted by Crippen LogP contribution is -2.13. The van der Waals surface area contributed by atoms with E-state index in [9.17, 15) is 12.8 Å². The van der Waals surface area contributed by atoms with Gasteiger partial charge in [0.2, 0.25) is 0 Å². The van der Waals surface area contributed by atoms with E-state index in [1.807, 2.05) is 0 Å². The molecule has 0 bridgehead atoms. The molecule has 2 rings (SSSR count). The highest BCUT2D eigenvalue weighted by Gasteiger charge is 2.16. The summed E-state index contributed by atoms with van der Waals surface area (Å²) >= 11 is 8.69. The van der Waals surface area contributed by atoms with E-state index in [1.54, 1.807) is 0 Å². The van der Waals surface area contributed by atoms with Crippen LogP contribution < -0.4 is 10.5 Å². The second-order valence-electron chi connectivity index (χ2n) is 3.92. The van der Waals surface area contributed by atoms with Gasteiger partial charge < -0.3 is 5.73 Å². The summed E-state index contributed by atoms with van der Waals surface area (Å²) in [6.07, 6.45) is 0. The molecule has 0 saturated carbocycles. The Bertz CT molecular complexity index is 768. The predicted octanol–water partition coefficient (Wildman–Crippen LogP) is 3.62. The zero-order valence-corrected chi connectivity index (χ0v) is 13.1. The fourth-order valence-corrected chi connectivity index (χ4v) is 3.17. The van der Waals surface area contributed by atoms with Crippen LogP contribution in [0.1, 0.15) is 0 Å². The van der Waals surface area contributed by atoms with Gasteiger partial charge >= 0.3 is 0 Å². The maximum absolute atomic E-state index is 13.3. The summed E-state index contributed by atoms with van der Waals surface area (Å²) in [5, 5.41) is -0.0804. The van der Waals surface area contributed by atoms with Crippen molar-refractivity contribution in [2.75, 3.05) is 10.5 Å². The van der Waals surface area contributed by atoms with Gasteiger partial charge in [-0.25, -0.2) is 12.8 Å². The third-order valence-corrected chi connectivity index (χ3v) is 4.83. The first-order valence-electron chi connectivity index (χ1n) is 5.32. The van der Waals surface area contributed by atoms with Gasteiger partial charge in [0.1, 0.15) is 5.82 Å². The average Bonchev–Trinajstić information content (AvgIpc) is 2.37. The molecule has 2 aromatic rings. The van der Waals surface area contributed by atoms with Crippen LogP contribution in [0.5, 0.6) is 0 Å². The standard InChI is InChI=1S/C12H9BrClFN2O2S/c13-9-6-8(2-4-12(9)16)20(18,19)17-7-1-3-10(14)11(15)5-7/h1-6,17H,16H2. The molecule has 106 valence electrons. The first kappa shape index (κ1) is 15.1. The highest BCUT2D eigenvalue weighted by Crippen LogP contribution is 2.25. The highest BCUT2D eigenvalue weighted by atomic mass is 79.9. The number of anilines is 2. The molecule has 0 heterocycles. The van der Waals surface area contributed by atoms with Crippen molar-refractivity contribution in [3.63, 3.8) is 0 Å². The number of rotatable bonds is 3. The zero-order chi connectivity index (χ0) is 14.9. The van der Waals surface area contributed by atoms with Crippen molar-refractivity contribution < 1.29 is 12.8 Å². The van der Waals surface area contributed by atoms with Gasteiger partial charge in [0, 0.05) is 10.2 Å². The maximum atomic E-state index is 13.3. The molecule has 0 aromatic heterocycles. The molecule has 0 saturated heterocycles. The molecule has 4 nitrogen and oxygen atoms in total. The lowest BCUT2D eigenvalue weighted by atomic mass is 10.3. The minimum absolute atomic E-state index is 0.00827. The number of sulfonamides is 1. The SMILES string of the molecule is Nc1ccc(S(=O)(=O)Nc2ccc(Cl)c(F)c2)cc1Br. The third-order valence-electron chi connectivity index (χ3n) is 2.45. The normalized spacial score (nSPS) is 11.3. The Balaban J connectivity index is 2.35. The number of nitrogens with two attached hydrogens (primary N) is 1. The van der Waals surface area contributed by atoms with Crippen molar-refractivity contribution in [2.24, 2.45) is 0 Å². The van der Waals surface area contributed by atoms with Crippen LogP contribution in [0.3, 0.4) is 0 Å². The van der Waals surface area contributed by atoms with E-state index in [-0.39, 0.29) is 15.6 Å². The lowest BCUT2D eigenvalue weighted by molar-refractivity contribution is 0.601. The Morgan fingerprint density at radius 3 is 2.50 bits per heavy atom. The van der Waals surface area contributed by atoms with Crippen LogP contribution in [0.4, 0.5) is 15.8 Å². The van der Waals surface area contributed by atoms with Crippen molar-refractivity contribution in [3.8, 4) is 0 Å². The molecule has 3 N–H and O–H groups in total. The molecule has 0 aliphatic rings. The van der Waals surface area contributed by atoms with Gasteiger partial charge in [-0.1, -0.05) is 11.6 Å². The summed E-state index contributed by atoms with van der Waals surface area (Å²) in [4.78, 5) is 0.00827. The summed E-state index contributed by atoms with van der Waals surface area (Å²) in [6, 6.07) is 7.83. The van der Waals surface area contributed by atoms with Gasteiger partial charge in [-0.05, 0) is 52.3 Å². The second kappa shape index (κ2) is 5.59. The van der Waals surface area contributed by atoms with E-state index in [2.05, 4.69) is 20.7 Å². The molecule has 8 heteroatoms. The molecule has 0 unspecified atom stereocenters. The summed E-state index contributed by atoms with van der Waals surface area (Å²) in [5.41, 5.74) is 6.10. The number of benzene rings is 2. The average molecular weight is 380 g/mol. The van der Waals surface area contributed by atoms with Crippen LogP contribution >= 0.6 is 27.5 Å². The maximum Gasteiger partial charge on any atom is 0.261 e. The minimum Gasteiger partial charge on any atom is -0.398 e. The largest absolute Gasteiger partial charge is 0.398 e. The van der Waals surface area contributed by atoms with Gasteiger partial charge in [0.25, 0.3) is 10.0 Å². The molecule has 0 fully saturated rings. The number of nitrogen functional groups attached to an aromatic ring is 1. The van der Waals surface area contributed by atoms with Gasteiger partial charge in [-0.15, -0.1) is 0 Å². The van der Waals surface area contributed by atoms with E-state index in [1.165, 1.54) is 30.3 Å². The quantitative estimate of drug-likeness (QED) is 0.800. The summed E-state index contributed by atoms with van der Waals surface area (Å²) in [5.74, 6) is -0.703. The van der Waals surface area contributed by atoms with Crippen molar-refractivity contribution in [1.82, 2.24) is 0 Å². The number of hydrogen-bond acceptors (Lipinski definition) is 3. The first-order chi connectivity index (χ1) is 9.29. The Morgan fingerprint density at radius 1 is 1.20 bits per heavy atom. The van der Waals surface area contributed by atoms with E-state index in [0.29, 0.717) is 10.2 Å². The molecule has 0 spiro atoms. The van der Waals surface area contributed by atoms with Gasteiger partial charge in [-0.2, -0.15) is 0 Å². The lowest BCUT2D eigenvalue weighted by Gasteiger charge is -2.09. The molecule has 20 heavy (non-hydrogen) atoms. The monoisotopic (exact) mass is 378 g/mol. The summed E-state index contributed by atoms with van der Waals surface area (Å²) in [6.45, 7) is 0. The number of hydrogen-bond donors (Lipinski definition) is 2. The van der Waals surface area contributed by atoms with Crippen molar-refractivity contribution in [1.29, 1.82) is 0 Å². The predicted molar refractivity (Wildman–Crippen MR) is 80.8 cm³/mol. The van der Waals surface area contributed by atoms with Gasteiger partial charge in [-0.3, -0.25) is 4.72 Å². The van der Waals surface area contributed by atoms with Gasteiger partial charge in [0.15, 0.2) is 0 Å². The highest BCUT2D eigenvalue weighted by molar-refractivity contribution is 9.10. The molecule has 0 aliphatic carbocycles. The van der Waals surface area contributed by atoms with Crippen LogP contribution in [0.15, 0.2) is 45.8 Å². The molecule has 0 amide bonds. The first-order valence-corrected chi connectivity index (χ1v) is 7.98. The topological polar surface area (TPSA) is 72.2 Å². The van der Waals surface area contributed by atoms with Crippen LogP contribution in [-0.4, -0.2) is 8.42 Å². The summed E-state index contributed by atoms with van der Waals surface area (Å²) < 4.78 is 40.3. The van der Waals surface area contributed by atoms with Crippen molar-refractivity contribution >= 4 is 48.9 Å². The molecule has 0 atom stereocenters. The molecule has 0 aliphatic heterocycles. The van der Waals surface area contributed by atoms with E-state index in [0.717, 1.165) is 6.07 Å². The van der Waals surface area contributed by atoms with Gasteiger partial charge in [0.05, 0.1) is 15.6 Å². The Labute approximate surface area is 128 Å². The van der Waals surface area contributed by atoms with Crippen molar-refractivity contribution in [3.05, 3.63) is 51.7 Å². The zero-order valence-electron chi connectivity index (χ0n) is 9.90. The second-order valence-corrected chi connectivity index (χ2v) is 6.86. The fraction of sp³-hybridized carbons (Fsp3) is 0. The Kier molecular flexibility index (Phi) is 4.22. The fourth-order valence-electron chi connectivity index (χ4n) is 1.45. The van der Waals surface area contributed by atoms with Crippen molar-refractivity contribution in [2.45, 2.75) is 4.90 Å². The molecule has 0 radical (unpaired) electrons. The molecular formula is C12H9BrClFN2O2S. The van der Waals surface area contributed by atoms with E-state index in [4.69, 9.17) is 17.3 Å².